The van der Waals surface area contributed by atoms with Gasteiger partial charge in [0.15, 0.2) is 5.78 Å². The highest BCUT2D eigenvalue weighted by atomic mass is 79.9. The maximum Gasteiger partial charge on any atom is 0.165 e. The van der Waals surface area contributed by atoms with Gasteiger partial charge in [-0.3, -0.25) is 4.79 Å². The third-order valence-corrected chi connectivity index (χ3v) is 4.54. The molecule has 1 nitrogen and oxygen atoms in total. The molecule has 0 radical (unpaired) electrons. The van der Waals surface area contributed by atoms with Crippen LogP contribution >= 0.6 is 15.9 Å². The monoisotopic (exact) mass is 294 g/mol. The first-order chi connectivity index (χ1) is 8.18. The summed E-state index contributed by atoms with van der Waals surface area (Å²) in [5.74, 6) is 0.597. The summed E-state index contributed by atoms with van der Waals surface area (Å²) in [5, 5.41) is 0. The molecule has 0 aromatic heterocycles. The van der Waals surface area contributed by atoms with E-state index in [1.807, 2.05) is 25.1 Å². The summed E-state index contributed by atoms with van der Waals surface area (Å²) in [6, 6.07) is 5.96. The Morgan fingerprint density at radius 3 is 2.41 bits per heavy atom. The predicted molar refractivity (Wildman–Crippen MR) is 74.4 cm³/mol. The zero-order valence-electron chi connectivity index (χ0n) is 10.3. The van der Waals surface area contributed by atoms with Gasteiger partial charge in [-0.25, -0.2) is 0 Å². The van der Waals surface area contributed by atoms with Crippen LogP contribution in [0, 0.1) is 12.8 Å². The average molecular weight is 295 g/mol. The average Bonchev–Trinajstić information content (AvgIpc) is 2.60. The minimum Gasteiger partial charge on any atom is -0.294 e. The molecule has 92 valence electrons. The lowest BCUT2D eigenvalue weighted by Gasteiger charge is -2.13. The van der Waals surface area contributed by atoms with Crippen molar-refractivity contribution >= 4 is 21.7 Å². The fraction of sp³-hybridized carbons (Fsp3) is 0.533. The summed E-state index contributed by atoms with van der Waals surface area (Å²) in [5.41, 5.74) is 2.05. The Labute approximate surface area is 112 Å². The van der Waals surface area contributed by atoms with E-state index in [4.69, 9.17) is 0 Å². The number of carbonyl (C=O) groups excluding carboxylic acids is 1. The van der Waals surface area contributed by atoms with Gasteiger partial charge in [0.1, 0.15) is 0 Å². The number of hydrogen-bond donors (Lipinski definition) is 0. The maximum atomic E-state index is 12.4. The van der Waals surface area contributed by atoms with Gasteiger partial charge in [-0.15, -0.1) is 0 Å². The maximum absolute atomic E-state index is 12.4. The van der Waals surface area contributed by atoms with Crippen molar-refractivity contribution in [1.29, 1.82) is 0 Å². The highest BCUT2D eigenvalue weighted by molar-refractivity contribution is 9.10. The van der Waals surface area contributed by atoms with E-state index in [1.54, 1.807) is 0 Å². The molecule has 0 N–H and O–H groups in total. The number of ketones is 1. The Morgan fingerprint density at radius 2 is 1.82 bits per heavy atom. The van der Waals surface area contributed by atoms with Crippen LogP contribution in [0.2, 0.25) is 0 Å². The first-order valence-corrected chi connectivity index (χ1v) is 7.28. The van der Waals surface area contributed by atoms with Crippen LogP contribution in [-0.4, -0.2) is 5.78 Å². The molecular weight excluding hydrogens is 276 g/mol. The predicted octanol–water partition coefficient (Wildman–Crippen LogP) is 4.91. The number of Topliss-reactive ketones (excluding diaryl/α,β-unsaturated/α-hetero) is 1. The molecule has 1 aromatic rings. The molecule has 1 aliphatic carbocycles. The van der Waals surface area contributed by atoms with Crippen LogP contribution in [0.5, 0.6) is 0 Å². The molecule has 0 heterocycles. The molecule has 0 spiro atoms. The lowest BCUT2D eigenvalue weighted by atomic mass is 9.91. The SMILES string of the molecule is Cc1ccc(C(=O)C2CCCCCC2)cc1Br. The standard InChI is InChI=1S/C15H19BrO/c1-11-8-9-13(10-14(11)16)15(17)12-6-4-2-3-5-7-12/h8-10,12H,2-7H2,1H3. The molecule has 2 heteroatoms. The van der Waals surface area contributed by atoms with E-state index in [0.29, 0.717) is 5.78 Å². The Bertz CT molecular complexity index is 403. The molecule has 17 heavy (non-hydrogen) atoms. The van der Waals surface area contributed by atoms with Crippen molar-refractivity contribution in [2.75, 3.05) is 0 Å². The minimum atomic E-state index is 0.257. The summed E-state index contributed by atoms with van der Waals surface area (Å²) in [7, 11) is 0. The second kappa shape index (κ2) is 5.81. The van der Waals surface area contributed by atoms with Crippen LogP contribution in [0.15, 0.2) is 22.7 Å². The third kappa shape index (κ3) is 3.19. The van der Waals surface area contributed by atoms with Crippen LogP contribution in [0.25, 0.3) is 0 Å². The normalized spacial score (nSPS) is 17.8. The second-order valence-electron chi connectivity index (χ2n) is 5.02. The molecule has 0 saturated heterocycles. The van der Waals surface area contributed by atoms with Crippen molar-refractivity contribution in [2.45, 2.75) is 45.4 Å². The van der Waals surface area contributed by atoms with Gasteiger partial charge < -0.3 is 0 Å². The Hall–Kier alpha value is -0.630. The summed E-state index contributed by atoms with van der Waals surface area (Å²) >= 11 is 3.50. The zero-order chi connectivity index (χ0) is 12.3. The molecule has 0 bridgehead atoms. The number of aryl methyl sites for hydroxylation is 1. The van der Waals surface area contributed by atoms with Crippen molar-refractivity contribution in [3.05, 3.63) is 33.8 Å². The fourth-order valence-electron chi connectivity index (χ4n) is 2.52. The van der Waals surface area contributed by atoms with Crippen molar-refractivity contribution in [3.63, 3.8) is 0 Å². The molecule has 1 aromatic carbocycles. The van der Waals surface area contributed by atoms with Crippen molar-refractivity contribution in [2.24, 2.45) is 5.92 Å². The van der Waals surface area contributed by atoms with E-state index in [9.17, 15) is 4.79 Å². The molecule has 0 unspecified atom stereocenters. The summed E-state index contributed by atoms with van der Waals surface area (Å²) < 4.78 is 1.04. The number of benzene rings is 1. The van der Waals surface area contributed by atoms with E-state index in [0.717, 1.165) is 22.9 Å². The van der Waals surface area contributed by atoms with Crippen molar-refractivity contribution < 1.29 is 4.79 Å². The lowest BCUT2D eigenvalue weighted by Crippen LogP contribution is -2.14. The molecule has 2 rings (SSSR count). The van der Waals surface area contributed by atoms with E-state index in [1.165, 1.54) is 31.2 Å². The number of carbonyl (C=O) groups is 1. The molecule has 0 amide bonds. The van der Waals surface area contributed by atoms with Gasteiger partial charge in [-0.2, -0.15) is 0 Å². The van der Waals surface area contributed by atoms with Crippen LogP contribution < -0.4 is 0 Å². The molecule has 1 aliphatic rings. The number of halogens is 1. The highest BCUT2D eigenvalue weighted by Gasteiger charge is 2.21. The fourth-order valence-corrected chi connectivity index (χ4v) is 2.90. The van der Waals surface area contributed by atoms with E-state index in [-0.39, 0.29) is 5.92 Å². The largest absolute Gasteiger partial charge is 0.294 e. The van der Waals surface area contributed by atoms with Gasteiger partial charge in [0.25, 0.3) is 0 Å². The highest BCUT2D eigenvalue weighted by Crippen LogP contribution is 2.27. The molecule has 0 aliphatic heterocycles. The van der Waals surface area contributed by atoms with Crippen LogP contribution in [0.1, 0.15) is 54.4 Å². The van der Waals surface area contributed by atoms with Gasteiger partial charge in [0.05, 0.1) is 0 Å². The first kappa shape index (κ1) is 12.8. The van der Waals surface area contributed by atoms with Crippen molar-refractivity contribution in [1.82, 2.24) is 0 Å². The Morgan fingerprint density at radius 1 is 1.18 bits per heavy atom. The molecule has 1 fully saturated rings. The summed E-state index contributed by atoms with van der Waals surface area (Å²) in [6.07, 6.45) is 7.16. The topological polar surface area (TPSA) is 17.1 Å². The number of hydrogen-bond acceptors (Lipinski definition) is 1. The Balaban J connectivity index is 2.14. The smallest absolute Gasteiger partial charge is 0.165 e. The zero-order valence-corrected chi connectivity index (χ0v) is 11.9. The summed E-state index contributed by atoms with van der Waals surface area (Å²) in [6.45, 7) is 2.05. The van der Waals surface area contributed by atoms with Gasteiger partial charge >= 0.3 is 0 Å². The van der Waals surface area contributed by atoms with E-state index in [2.05, 4.69) is 15.9 Å². The van der Waals surface area contributed by atoms with Gasteiger partial charge in [-0.05, 0) is 31.4 Å². The van der Waals surface area contributed by atoms with E-state index >= 15 is 0 Å². The number of rotatable bonds is 2. The second-order valence-corrected chi connectivity index (χ2v) is 5.87. The van der Waals surface area contributed by atoms with Crippen LogP contribution in [0.3, 0.4) is 0 Å². The van der Waals surface area contributed by atoms with Gasteiger partial charge in [-0.1, -0.05) is 53.7 Å². The Kier molecular flexibility index (Phi) is 4.38. The summed E-state index contributed by atoms with van der Waals surface area (Å²) in [4.78, 5) is 12.4. The molecule has 0 atom stereocenters. The van der Waals surface area contributed by atoms with Crippen LogP contribution in [-0.2, 0) is 0 Å². The lowest BCUT2D eigenvalue weighted by molar-refractivity contribution is 0.0908. The third-order valence-electron chi connectivity index (χ3n) is 3.68. The van der Waals surface area contributed by atoms with Gasteiger partial charge in [0, 0.05) is 16.0 Å². The van der Waals surface area contributed by atoms with Gasteiger partial charge in [0.2, 0.25) is 0 Å². The first-order valence-electron chi connectivity index (χ1n) is 6.49. The van der Waals surface area contributed by atoms with Crippen LogP contribution in [0.4, 0.5) is 0 Å². The molecular formula is C15H19BrO. The molecule has 1 saturated carbocycles. The minimum absolute atomic E-state index is 0.257. The van der Waals surface area contributed by atoms with Crippen molar-refractivity contribution in [3.8, 4) is 0 Å². The van der Waals surface area contributed by atoms with E-state index < -0.39 is 0 Å². The quantitative estimate of drug-likeness (QED) is 0.559.